The maximum atomic E-state index is 14.5. The van der Waals surface area contributed by atoms with E-state index in [1.165, 1.54) is 12.1 Å². The van der Waals surface area contributed by atoms with Crippen LogP contribution >= 0.6 is 0 Å². The summed E-state index contributed by atoms with van der Waals surface area (Å²) in [4.78, 5) is 41.5. The van der Waals surface area contributed by atoms with Crippen LogP contribution in [0.15, 0.2) is 72.8 Å². The molecule has 2 saturated heterocycles. The molecule has 3 aliphatic heterocycles. The van der Waals surface area contributed by atoms with Crippen molar-refractivity contribution in [2.45, 2.75) is 30.3 Å². The number of carbonyl (C=O) groups is 2. The first-order chi connectivity index (χ1) is 17.5. The van der Waals surface area contributed by atoms with E-state index in [-0.39, 0.29) is 29.3 Å². The van der Waals surface area contributed by atoms with E-state index in [1.807, 2.05) is 24.3 Å². The number of hydrogen-bond acceptors (Lipinski definition) is 6. The molecule has 1 spiro atoms. The number of carbonyl (C=O) groups excluding carboxylic acids is 2. The number of rotatable bonds is 5. The molecule has 2 fully saturated rings. The van der Waals surface area contributed by atoms with Gasteiger partial charge in [0.1, 0.15) is 11.3 Å². The highest BCUT2D eigenvalue weighted by atomic mass is 16.6. The number of benzene rings is 3. The zero-order valence-electron chi connectivity index (χ0n) is 19.7. The number of non-ortho nitro benzene ring substituents is 1. The summed E-state index contributed by atoms with van der Waals surface area (Å²) in [6.07, 6.45) is 1.74. The van der Waals surface area contributed by atoms with E-state index in [4.69, 9.17) is 4.74 Å². The number of nitrogens with zero attached hydrogens (tertiary/aromatic N) is 2. The Hall–Kier alpha value is -4.04. The van der Waals surface area contributed by atoms with E-state index in [9.17, 15) is 19.7 Å². The number of nitro groups is 1. The van der Waals surface area contributed by atoms with Crippen LogP contribution in [0.2, 0.25) is 0 Å². The predicted octanol–water partition coefficient (Wildman–Crippen LogP) is 4.51. The van der Waals surface area contributed by atoms with Gasteiger partial charge in [0.2, 0.25) is 5.91 Å². The van der Waals surface area contributed by atoms with Crippen molar-refractivity contribution in [3.8, 4) is 5.75 Å². The lowest BCUT2D eigenvalue weighted by atomic mass is 9.69. The number of fused-ring (bicyclic) bond motifs is 4. The number of anilines is 1. The Morgan fingerprint density at radius 2 is 1.89 bits per heavy atom. The Morgan fingerprint density at radius 1 is 1.11 bits per heavy atom. The summed E-state index contributed by atoms with van der Waals surface area (Å²) in [7, 11) is 1.55. The molecule has 8 nitrogen and oxygen atoms in total. The molecule has 1 N–H and O–H groups in total. The van der Waals surface area contributed by atoms with Gasteiger partial charge in [-0.25, -0.2) is 0 Å². The Balaban J connectivity index is 1.58. The van der Waals surface area contributed by atoms with Crippen LogP contribution in [-0.2, 0) is 10.3 Å². The molecule has 8 heteroatoms. The van der Waals surface area contributed by atoms with E-state index in [2.05, 4.69) is 10.2 Å². The molecular weight excluding hydrogens is 458 g/mol. The van der Waals surface area contributed by atoms with Gasteiger partial charge in [-0.05, 0) is 43.1 Å². The maximum absolute atomic E-state index is 14.5. The Labute approximate surface area is 208 Å². The number of para-hydroxylation sites is 1. The number of methoxy groups -OCH3 is 1. The van der Waals surface area contributed by atoms with Crippen LogP contribution in [0.5, 0.6) is 5.75 Å². The summed E-state index contributed by atoms with van der Waals surface area (Å²) >= 11 is 0. The molecule has 1 amide bonds. The summed E-state index contributed by atoms with van der Waals surface area (Å²) in [5.41, 5.74) is 1.67. The normalized spacial score (nSPS) is 26.5. The molecule has 3 heterocycles. The van der Waals surface area contributed by atoms with E-state index in [0.717, 1.165) is 29.7 Å². The van der Waals surface area contributed by atoms with Gasteiger partial charge in [-0.15, -0.1) is 0 Å². The highest BCUT2D eigenvalue weighted by Crippen LogP contribution is 2.61. The number of nitrogens with one attached hydrogen (secondary N) is 1. The minimum atomic E-state index is -1.16. The number of nitro benzene ring substituents is 1. The summed E-state index contributed by atoms with van der Waals surface area (Å²) in [6.45, 7) is 0.692. The lowest BCUT2D eigenvalue weighted by Gasteiger charge is -2.36. The van der Waals surface area contributed by atoms with Crippen molar-refractivity contribution >= 4 is 23.1 Å². The van der Waals surface area contributed by atoms with Gasteiger partial charge >= 0.3 is 0 Å². The summed E-state index contributed by atoms with van der Waals surface area (Å²) in [5.74, 6) is -0.805. The van der Waals surface area contributed by atoms with Gasteiger partial charge in [-0.3, -0.25) is 24.6 Å². The van der Waals surface area contributed by atoms with Crippen molar-refractivity contribution in [2.75, 3.05) is 19.0 Å². The number of ether oxygens (including phenoxy) is 1. The van der Waals surface area contributed by atoms with Crippen molar-refractivity contribution in [2.24, 2.45) is 5.92 Å². The fourth-order valence-electron chi connectivity index (χ4n) is 6.66. The highest BCUT2D eigenvalue weighted by molar-refractivity contribution is 6.12. The number of ketones is 1. The van der Waals surface area contributed by atoms with Crippen molar-refractivity contribution in [1.82, 2.24) is 4.90 Å². The molecule has 182 valence electrons. The zero-order chi connectivity index (χ0) is 25.0. The van der Waals surface area contributed by atoms with Gasteiger partial charge < -0.3 is 10.1 Å². The van der Waals surface area contributed by atoms with Crippen LogP contribution in [0.4, 0.5) is 11.4 Å². The third kappa shape index (κ3) is 3.04. The van der Waals surface area contributed by atoms with Gasteiger partial charge in [-0.2, -0.15) is 0 Å². The minimum Gasteiger partial charge on any atom is -0.497 e. The van der Waals surface area contributed by atoms with Crippen molar-refractivity contribution in [3.63, 3.8) is 0 Å². The van der Waals surface area contributed by atoms with E-state index in [1.54, 1.807) is 43.5 Å². The summed E-state index contributed by atoms with van der Waals surface area (Å²) < 4.78 is 5.38. The molecule has 0 radical (unpaired) electrons. The third-order valence-electron chi connectivity index (χ3n) is 8.03. The monoisotopic (exact) mass is 483 g/mol. The van der Waals surface area contributed by atoms with Crippen LogP contribution in [0.25, 0.3) is 0 Å². The first kappa shape index (κ1) is 22.4. The molecule has 3 aromatic rings. The number of hydrogen-bond donors (Lipinski definition) is 1. The van der Waals surface area contributed by atoms with Crippen LogP contribution in [-0.4, -0.2) is 41.2 Å². The summed E-state index contributed by atoms with van der Waals surface area (Å²) in [5, 5.41) is 14.3. The van der Waals surface area contributed by atoms with Crippen LogP contribution in [0.1, 0.15) is 40.2 Å². The van der Waals surface area contributed by atoms with Gasteiger partial charge in [0.15, 0.2) is 5.78 Å². The molecule has 3 aliphatic rings. The SMILES string of the molecule is COc1cccc(C(=O)C2C(c3ccc([N+](=O)[O-])cc3)C3CCCN3[C@@]23C(=O)Nc2ccccc23)c1. The average Bonchev–Trinajstić information content (AvgIpc) is 3.57. The van der Waals surface area contributed by atoms with Gasteiger partial charge in [-0.1, -0.05) is 42.5 Å². The molecular formula is C28H25N3O5. The van der Waals surface area contributed by atoms with Crippen molar-refractivity contribution < 1.29 is 19.2 Å². The average molecular weight is 484 g/mol. The molecule has 0 aliphatic carbocycles. The molecule has 0 aromatic heterocycles. The number of amides is 1. The second kappa shape index (κ2) is 8.27. The zero-order valence-corrected chi connectivity index (χ0v) is 19.7. The fourth-order valence-corrected chi connectivity index (χ4v) is 6.66. The van der Waals surface area contributed by atoms with Gasteiger partial charge in [0, 0.05) is 40.9 Å². The van der Waals surface area contributed by atoms with Crippen molar-refractivity contribution in [3.05, 3.63) is 99.6 Å². The van der Waals surface area contributed by atoms with Crippen LogP contribution in [0, 0.1) is 16.0 Å². The molecule has 6 rings (SSSR count). The molecule has 3 aromatic carbocycles. The lowest BCUT2D eigenvalue weighted by molar-refractivity contribution is -0.384. The topological polar surface area (TPSA) is 102 Å². The minimum absolute atomic E-state index is 0.00522. The van der Waals surface area contributed by atoms with E-state index >= 15 is 0 Å². The van der Waals surface area contributed by atoms with Gasteiger partial charge in [0.05, 0.1) is 18.0 Å². The fraction of sp³-hybridized carbons (Fsp3) is 0.286. The van der Waals surface area contributed by atoms with Crippen molar-refractivity contribution in [1.29, 1.82) is 0 Å². The van der Waals surface area contributed by atoms with Crippen LogP contribution < -0.4 is 10.1 Å². The second-order valence-corrected chi connectivity index (χ2v) is 9.62. The Kier molecular flexibility index (Phi) is 5.15. The number of Topliss-reactive ketones (excluding diaryl/α,β-unsaturated/α-hetero) is 1. The quantitative estimate of drug-likeness (QED) is 0.325. The predicted molar refractivity (Wildman–Crippen MR) is 133 cm³/mol. The molecule has 4 atom stereocenters. The third-order valence-corrected chi connectivity index (χ3v) is 8.03. The van der Waals surface area contributed by atoms with Crippen LogP contribution in [0.3, 0.4) is 0 Å². The first-order valence-corrected chi connectivity index (χ1v) is 12.1. The Bertz CT molecular complexity index is 1390. The Morgan fingerprint density at radius 3 is 2.64 bits per heavy atom. The smallest absolute Gasteiger partial charge is 0.269 e. The van der Waals surface area contributed by atoms with Gasteiger partial charge in [0.25, 0.3) is 5.69 Å². The molecule has 0 saturated carbocycles. The first-order valence-electron chi connectivity index (χ1n) is 12.1. The second-order valence-electron chi connectivity index (χ2n) is 9.62. The lowest BCUT2D eigenvalue weighted by Crippen LogP contribution is -2.52. The largest absolute Gasteiger partial charge is 0.497 e. The van der Waals surface area contributed by atoms with E-state index < -0.39 is 16.4 Å². The molecule has 36 heavy (non-hydrogen) atoms. The maximum Gasteiger partial charge on any atom is 0.269 e. The summed E-state index contributed by atoms with van der Waals surface area (Å²) in [6, 6.07) is 21.0. The van der Waals surface area contributed by atoms with E-state index in [0.29, 0.717) is 17.9 Å². The molecule has 3 unspecified atom stereocenters. The molecule has 0 bridgehead atoms. The highest BCUT2D eigenvalue weighted by Gasteiger charge is 2.69. The standard InChI is InChI=1S/C28H25N3O5/c1-36-20-7-4-6-18(16-20)26(32)25-24(17-11-13-19(14-12-17)31(34)35)23-10-5-15-30(23)28(25)21-8-2-3-9-22(21)29-27(28)33/h2-4,6-9,11-14,16,23-25H,5,10,15H2,1H3,(H,29,33)/t23?,24?,25?,28-/m1/s1.